The number of sulfonamides is 1. The summed E-state index contributed by atoms with van der Waals surface area (Å²) in [4.78, 5) is 13.3. The molecule has 5 nitrogen and oxygen atoms in total. The van der Waals surface area contributed by atoms with Gasteiger partial charge in [-0.2, -0.15) is 0 Å². The Morgan fingerprint density at radius 3 is 2.38 bits per heavy atom. The van der Waals surface area contributed by atoms with Crippen LogP contribution in [0.25, 0.3) is 0 Å². The smallest absolute Gasteiger partial charge is 0.231 e. The van der Waals surface area contributed by atoms with E-state index in [0.29, 0.717) is 37.1 Å². The second-order valence-corrected chi connectivity index (χ2v) is 9.77. The number of piperidine rings is 1. The number of halogens is 1. The van der Waals surface area contributed by atoms with Crippen LogP contribution >= 0.6 is 0 Å². The van der Waals surface area contributed by atoms with E-state index in [4.69, 9.17) is 0 Å². The van der Waals surface area contributed by atoms with Gasteiger partial charge in [0.25, 0.3) is 0 Å². The minimum atomic E-state index is -3.28. The highest BCUT2D eigenvalue weighted by Gasteiger charge is 2.44. The summed E-state index contributed by atoms with van der Waals surface area (Å²) in [6.45, 7) is 4.15. The van der Waals surface area contributed by atoms with Crippen LogP contribution in [0.3, 0.4) is 0 Å². The number of amides is 1. The molecule has 0 saturated carbocycles. The molecule has 2 aromatic carbocycles. The summed E-state index contributed by atoms with van der Waals surface area (Å²) < 4.78 is 39.7. The van der Waals surface area contributed by atoms with Crippen molar-refractivity contribution in [3.63, 3.8) is 0 Å². The van der Waals surface area contributed by atoms with Gasteiger partial charge in [0.05, 0.1) is 11.2 Å². The van der Waals surface area contributed by atoms with Crippen LogP contribution in [0.1, 0.15) is 36.5 Å². The number of carbonyl (C=O) groups excluding carboxylic acids is 1. The van der Waals surface area contributed by atoms with Crippen molar-refractivity contribution in [2.75, 3.05) is 18.8 Å². The van der Waals surface area contributed by atoms with Crippen molar-refractivity contribution in [3.8, 4) is 0 Å². The summed E-state index contributed by atoms with van der Waals surface area (Å²) in [5.74, 6) is -0.401. The lowest BCUT2D eigenvalue weighted by Gasteiger charge is -2.40. The Labute approximate surface area is 172 Å². The minimum absolute atomic E-state index is 0.0521. The van der Waals surface area contributed by atoms with Crippen LogP contribution < -0.4 is 5.32 Å². The van der Waals surface area contributed by atoms with E-state index >= 15 is 0 Å². The van der Waals surface area contributed by atoms with Gasteiger partial charge in [-0.3, -0.25) is 4.79 Å². The van der Waals surface area contributed by atoms with E-state index < -0.39 is 15.4 Å². The lowest BCUT2D eigenvalue weighted by atomic mass is 9.72. The third-order valence-corrected chi connectivity index (χ3v) is 7.67. The summed E-state index contributed by atoms with van der Waals surface area (Å²) in [5, 5.41) is 2.95. The van der Waals surface area contributed by atoms with E-state index in [9.17, 15) is 17.6 Å². The Morgan fingerprint density at radius 2 is 1.79 bits per heavy atom. The molecular formula is C22H27FN2O3S. The molecule has 1 saturated heterocycles. The van der Waals surface area contributed by atoms with Crippen LogP contribution in [0.15, 0.2) is 48.5 Å². The molecule has 0 spiro atoms. The van der Waals surface area contributed by atoms with Gasteiger partial charge in [-0.05, 0) is 49.4 Å². The predicted octanol–water partition coefficient (Wildman–Crippen LogP) is 3.13. The fraction of sp³-hybridized carbons (Fsp3) is 0.409. The first-order valence-corrected chi connectivity index (χ1v) is 11.5. The second kappa shape index (κ2) is 8.63. The fourth-order valence-corrected chi connectivity index (χ4v) is 4.93. The number of aryl methyl sites for hydroxylation is 1. The molecule has 1 fully saturated rings. The highest BCUT2D eigenvalue weighted by atomic mass is 32.2. The monoisotopic (exact) mass is 418 g/mol. The molecule has 7 heteroatoms. The number of rotatable bonds is 6. The summed E-state index contributed by atoms with van der Waals surface area (Å²) in [6, 6.07) is 14.4. The summed E-state index contributed by atoms with van der Waals surface area (Å²) in [7, 11) is -3.28. The summed E-state index contributed by atoms with van der Waals surface area (Å²) >= 11 is 0. The molecule has 1 heterocycles. The van der Waals surface area contributed by atoms with E-state index in [1.165, 1.54) is 10.4 Å². The molecule has 0 aromatic heterocycles. The SMILES string of the molecule is CCS(=O)(=O)N1CCC(C(=O)NCc2ccc(C)c(F)c2)(c2ccccc2)CC1. The number of hydrogen-bond acceptors (Lipinski definition) is 3. The van der Waals surface area contributed by atoms with E-state index in [-0.39, 0.29) is 24.0 Å². The first-order chi connectivity index (χ1) is 13.8. The van der Waals surface area contributed by atoms with Crippen LogP contribution in [0.5, 0.6) is 0 Å². The number of nitrogens with one attached hydrogen (secondary N) is 1. The summed E-state index contributed by atoms with van der Waals surface area (Å²) in [6.07, 6.45) is 0.814. The van der Waals surface area contributed by atoms with Gasteiger partial charge in [-0.25, -0.2) is 17.1 Å². The van der Waals surface area contributed by atoms with Crippen molar-refractivity contribution in [2.45, 2.75) is 38.6 Å². The molecule has 156 valence electrons. The molecule has 1 aliphatic rings. The van der Waals surface area contributed by atoms with Crippen LogP contribution in [0.4, 0.5) is 4.39 Å². The molecule has 0 bridgehead atoms. The largest absolute Gasteiger partial charge is 0.351 e. The standard InChI is InChI=1S/C22H27FN2O3S/c1-3-29(27,28)25-13-11-22(12-14-25,19-7-5-4-6-8-19)21(26)24-16-18-10-9-17(2)20(23)15-18/h4-10,15H,3,11-14,16H2,1-2H3,(H,24,26). The van der Waals surface area contributed by atoms with Gasteiger partial charge in [0.1, 0.15) is 5.82 Å². The Bertz CT molecular complexity index is 969. The normalized spacial score (nSPS) is 17.1. The van der Waals surface area contributed by atoms with Crippen LogP contribution in [-0.4, -0.2) is 37.5 Å². The fourth-order valence-electron chi connectivity index (χ4n) is 3.83. The summed E-state index contributed by atoms with van der Waals surface area (Å²) in [5.41, 5.74) is 1.33. The first kappa shape index (κ1) is 21.5. The van der Waals surface area contributed by atoms with Gasteiger partial charge in [0.15, 0.2) is 0 Å². The van der Waals surface area contributed by atoms with Crippen LogP contribution in [0.2, 0.25) is 0 Å². The Balaban J connectivity index is 1.81. The molecule has 29 heavy (non-hydrogen) atoms. The van der Waals surface area contributed by atoms with Gasteiger partial charge in [-0.1, -0.05) is 42.5 Å². The molecule has 0 atom stereocenters. The third-order valence-electron chi connectivity index (χ3n) is 5.78. The van der Waals surface area contributed by atoms with E-state index in [2.05, 4.69) is 5.32 Å². The van der Waals surface area contributed by atoms with Crippen molar-refractivity contribution in [1.29, 1.82) is 0 Å². The molecule has 0 radical (unpaired) electrons. The van der Waals surface area contributed by atoms with Crippen molar-refractivity contribution in [2.24, 2.45) is 0 Å². The van der Waals surface area contributed by atoms with Crippen molar-refractivity contribution >= 4 is 15.9 Å². The zero-order chi connectivity index (χ0) is 21.1. The van der Waals surface area contributed by atoms with E-state index in [0.717, 1.165) is 5.56 Å². The average Bonchev–Trinajstić information content (AvgIpc) is 2.75. The molecular weight excluding hydrogens is 391 g/mol. The molecule has 1 amide bonds. The number of nitrogens with zero attached hydrogens (tertiary/aromatic N) is 1. The van der Waals surface area contributed by atoms with Crippen molar-refractivity contribution in [1.82, 2.24) is 9.62 Å². The molecule has 1 aliphatic heterocycles. The Hall–Kier alpha value is -2.25. The minimum Gasteiger partial charge on any atom is -0.351 e. The zero-order valence-corrected chi connectivity index (χ0v) is 17.6. The van der Waals surface area contributed by atoms with Gasteiger partial charge in [0.2, 0.25) is 15.9 Å². The van der Waals surface area contributed by atoms with Gasteiger partial charge in [-0.15, -0.1) is 0 Å². The Kier molecular flexibility index (Phi) is 6.39. The molecule has 0 unspecified atom stereocenters. The highest BCUT2D eigenvalue weighted by molar-refractivity contribution is 7.89. The van der Waals surface area contributed by atoms with Crippen LogP contribution in [0, 0.1) is 12.7 Å². The van der Waals surface area contributed by atoms with E-state index in [1.807, 2.05) is 30.3 Å². The van der Waals surface area contributed by atoms with Gasteiger partial charge in [0, 0.05) is 19.6 Å². The Morgan fingerprint density at radius 1 is 1.14 bits per heavy atom. The van der Waals surface area contributed by atoms with Crippen molar-refractivity contribution in [3.05, 3.63) is 71.0 Å². The molecule has 3 rings (SSSR count). The maximum atomic E-state index is 13.8. The first-order valence-electron chi connectivity index (χ1n) is 9.85. The maximum absolute atomic E-state index is 13.8. The molecule has 0 aliphatic carbocycles. The number of hydrogen-bond donors (Lipinski definition) is 1. The quantitative estimate of drug-likeness (QED) is 0.784. The lowest BCUT2D eigenvalue weighted by Crippen LogP contribution is -2.52. The average molecular weight is 419 g/mol. The van der Waals surface area contributed by atoms with Gasteiger partial charge >= 0.3 is 0 Å². The van der Waals surface area contributed by atoms with Crippen molar-refractivity contribution < 1.29 is 17.6 Å². The number of carbonyl (C=O) groups is 1. The van der Waals surface area contributed by atoms with Gasteiger partial charge < -0.3 is 5.32 Å². The number of benzene rings is 2. The lowest BCUT2D eigenvalue weighted by molar-refractivity contribution is -0.128. The third kappa shape index (κ3) is 4.51. The van der Waals surface area contributed by atoms with Crippen LogP contribution in [-0.2, 0) is 26.8 Å². The topological polar surface area (TPSA) is 66.5 Å². The maximum Gasteiger partial charge on any atom is 0.231 e. The second-order valence-electron chi connectivity index (χ2n) is 7.51. The zero-order valence-electron chi connectivity index (χ0n) is 16.8. The molecule has 1 N–H and O–H groups in total. The predicted molar refractivity (Wildman–Crippen MR) is 111 cm³/mol. The highest BCUT2D eigenvalue weighted by Crippen LogP contribution is 2.36. The van der Waals surface area contributed by atoms with E-state index in [1.54, 1.807) is 26.0 Å². The molecule has 2 aromatic rings.